The summed E-state index contributed by atoms with van der Waals surface area (Å²) in [5.74, 6) is 2.71. The molecular weight excluding hydrogens is 270 g/mol. The lowest BCUT2D eigenvalue weighted by molar-refractivity contribution is 0.166. The number of rotatable bonds is 8. The van der Waals surface area contributed by atoms with Crippen LogP contribution in [0.1, 0.15) is 59.8 Å². The van der Waals surface area contributed by atoms with E-state index in [1.54, 1.807) is 6.92 Å². The summed E-state index contributed by atoms with van der Waals surface area (Å²) in [5, 5.41) is 3.54. The Hall–Kier alpha value is -0.0900. The van der Waals surface area contributed by atoms with E-state index in [2.05, 4.69) is 26.1 Å². The van der Waals surface area contributed by atoms with Crippen molar-refractivity contribution >= 4 is 9.84 Å². The molecule has 1 fully saturated rings. The first-order chi connectivity index (χ1) is 9.38. The largest absolute Gasteiger partial charge is 0.314 e. The molecule has 20 heavy (non-hydrogen) atoms. The number of sulfone groups is 1. The van der Waals surface area contributed by atoms with Crippen molar-refractivity contribution in [3.63, 3.8) is 0 Å². The van der Waals surface area contributed by atoms with Gasteiger partial charge < -0.3 is 5.32 Å². The summed E-state index contributed by atoms with van der Waals surface area (Å²) in [5.41, 5.74) is 0. The molecule has 3 nitrogen and oxygen atoms in total. The van der Waals surface area contributed by atoms with Gasteiger partial charge in [0, 0.05) is 11.8 Å². The fraction of sp³-hybridized carbons (Fsp3) is 1.00. The molecule has 120 valence electrons. The Kier molecular flexibility index (Phi) is 7.52. The first-order valence-electron chi connectivity index (χ1n) is 8.31. The van der Waals surface area contributed by atoms with E-state index < -0.39 is 9.84 Å². The van der Waals surface area contributed by atoms with Crippen molar-refractivity contribution in [1.29, 1.82) is 0 Å². The Balaban J connectivity index is 2.57. The van der Waals surface area contributed by atoms with E-state index in [1.165, 1.54) is 25.7 Å². The predicted octanol–water partition coefficient (Wildman–Crippen LogP) is 3.25. The Labute approximate surface area is 125 Å². The molecule has 0 saturated heterocycles. The van der Waals surface area contributed by atoms with Crippen molar-refractivity contribution in [3.05, 3.63) is 0 Å². The number of hydrogen-bond donors (Lipinski definition) is 1. The summed E-state index contributed by atoms with van der Waals surface area (Å²) in [6, 6.07) is 0.513. The molecule has 1 rings (SSSR count). The molecule has 0 aromatic heterocycles. The Bertz CT molecular complexity index is 365. The van der Waals surface area contributed by atoms with E-state index >= 15 is 0 Å². The summed E-state index contributed by atoms with van der Waals surface area (Å²) in [6.07, 6.45) is 5.89. The fourth-order valence-corrected chi connectivity index (χ4v) is 4.23. The average Bonchev–Trinajstić information content (AvgIpc) is 2.43. The molecule has 0 aromatic rings. The summed E-state index contributed by atoms with van der Waals surface area (Å²) >= 11 is 0. The predicted molar refractivity (Wildman–Crippen MR) is 86.7 cm³/mol. The molecule has 0 aliphatic heterocycles. The molecule has 0 heterocycles. The molecule has 0 bridgehead atoms. The molecular formula is C16H33NO2S. The number of nitrogens with one attached hydrogen (secondary N) is 1. The molecule has 0 spiro atoms. The highest BCUT2D eigenvalue weighted by Gasteiger charge is 2.30. The van der Waals surface area contributed by atoms with Crippen molar-refractivity contribution < 1.29 is 8.42 Å². The minimum atomic E-state index is -2.82. The fourth-order valence-electron chi connectivity index (χ4n) is 3.28. The van der Waals surface area contributed by atoms with Gasteiger partial charge in [-0.15, -0.1) is 0 Å². The summed E-state index contributed by atoms with van der Waals surface area (Å²) in [4.78, 5) is 0. The maximum Gasteiger partial charge on any atom is 0.150 e. The van der Waals surface area contributed by atoms with Crippen molar-refractivity contribution in [1.82, 2.24) is 5.32 Å². The van der Waals surface area contributed by atoms with Gasteiger partial charge in [0.15, 0.2) is 0 Å². The van der Waals surface area contributed by atoms with Crippen LogP contribution in [0.2, 0.25) is 0 Å². The Morgan fingerprint density at radius 3 is 2.40 bits per heavy atom. The molecule has 0 aromatic carbocycles. The second kappa shape index (κ2) is 8.38. The lowest BCUT2D eigenvalue weighted by Crippen LogP contribution is -2.36. The van der Waals surface area contributed by atoms with Gasteiger partial charge in [0.25, 0.3) is 0 Å². The third-order valence-electron chi connectivity index (χ3n) is 4.85. The molecule has 1 aliphatic rings. The standard InChI is InChI=1S/C16H33NO2S/c1-5-14-7-8-16(12-17-13(3)4)15(11-14)9-10-20(18,19)6-2/h13-17H,5-12H2,1-4H3. The van der Waals surface area contributed by atoms with Gasteiger partial charge in [-0.05, 0) is 43.6 Å². The van der Waals surface area contributed by atoms with Crippen LogP contribution < -0.4 is 5.32 Å². The van der Waals surface area contributed by atoms with Crippen LogP contribution in [0.4, 0.5) is 0 Å². The highest BCUT2D eigenvalue weighted by atomic mass is 32.2. The molecule has 1 N–H and O–H groups in total. The van der Waals surface area contributed by atoms with E-state index in [1.807, 2.05) is 0 Å². The monoisotopic (exact) mass is 303 g/mol. The van der Waals surface area contributed by atoms with Crippen molar-refractivity contribution in [2.24, 2.45) is 17.8 Å². The summed E-state index contributed by atoms with van der Waals surface area (Å²) < 4.78 is 23.5. The second-order valence-electron chi connectivity index (χ2n) is 6.70. The van der Waals surface area contributed by atoms with Crippen LogP contribution >= 0.6 is 0 Å². The smallest absolute Gasteiger partial charge is 0.150 e. The maximum absolute atomic E-state index is 11.8. The average molecular weight is 304 g/mol. The van der Waals surface area contributed by atoms with Gasteiger partial charge in [-0.2, -0.15) is 0 Å². The SMILES string of the molecule is CCC1CCC(CNC(C)C)C(CCS(=O)(=O)CC)C1. The van der Waals surface area contributed by atoms with Gasteiger partial charge in [-0.1, -0.05) is 40.5 Å². The van der Waals surface area contributed by atoms with E-state index in [0.717, 1.165) is 18.9 Å². The molecule has 1 saturated carbocycles. The van der Waals surface area contributed by atoms with Crippen LogP contribution in [0.5, 0.6) is 0 Å². The Morgan fingerprint density at radius 2 is 1.85 bits per heavy atom. The van der Waals surface area contributed by atoms with Gasteiger partial charge in [-0.3, -0.25) is 0 Å². The highest BCUT2D eigenvalue weighted by Crippen LogP contribution is 2.37. The molecule has 4 heteroatoms. The van der Waals surface area contributed by atoms with E-state index in [0.29, 0.717) is 23.6 Å². The van der Waals surface area contributed by atoms with Crippen molar-refractivity contribution in [2.75, 3.05) is 18.1 Å². The van der Waals surface area contributed by atoms with Crippen LogP contribution in [-0.4, -0.2) is 32.5 Å². The van der Waals surface area contributed by atoms with Gasteiger partial charge in [0.2, 0.25) is 0 Å². The van der Waals surface area contributed by atoms with Gasteiger partial charge in [0.1, 0.15) is 9.84 Å². The van der Waals surface area contributed by atoms with Crippen LogP contribution in [-0.2, 0) is 9.84 Å². The third kappa shape index (κ3) is 6.13. The third-order valence-corrected chi connectivity index (χ3v) is 6.59. The van der Waals surface area contributed by atoms with Crippen LogP contribution in [0.3, 0.4) is 0 Å². The zero-order valence-corrected chi connectivity index (χ0v) is 14.5. The normalized spacial score (nSPS) is 27.9. The minimum absolute atomic E-state index is 0.284. The highest BCUT2D eigenvalue weighted by molar-refractivity contribution is 7.91. The molecule has 0 amide bonds. The Morgan fingerprint density at radius 1 is 1.15 bits per heavy atom. The number of hydrogen-bond acceptors (Lipinski definition) is 3. The first kappa shape index (κ1) is 18.0. The van der Waals surface area contributed by atoms with E-state index in [-0.39, 0.29) is 5.75 Å². The first-order valence-corrected chi connectivity index (χ1v) is 10.1. The van der Waals surface area contributed by atoms with E-state index in [4.69, 9.17) is 0 Å². The summed E-state index contributed by atoms with van der Waals surface area (Å²) in [6.45, 7) is 9.41. The zero-order valence-electron chi connectivity index (χ0n) is 13.7. The van der Waals surface area contributed by atoms with Crippen molar-refractivity contribution in [3.8, 4) is 0 Å². The van der Waals surface area contributed by atoms with E-state index in [9.17, 15) is 8.42 Å². The zero-order chi connectivity index (χ0) is 15.2. The van der Waals surface area contributed by atoms with Crippen LogP contribution in [0.25, 0.3) is 0 Å². The van der Waals surface area contributed by atoms with Gasteiger partial charge in [0.05, 0.1) is 5.75 Å². The van der Waals surface area contributed by atoms with Crippen LogP contribution in [0.15, 0.2) is 0 Å². The second-order valence-corrected chi connectivity index (χ2v) is 9.17. The molecule has 0 radical (unpaired) electrons. The minimum Gasteiger partial charge on any atom is -0.314 e. The van der Waals surface area contributed by atoms with Gasteiger partial charge >= 0.3 is 0 Å². The van der Waals surface area contributed by atoms with Gasteiger partial charge in [-0.25, -0.2) is 8.42 Å². The quantitative estimate of drug-likeness (QED) is 0.748. The molecule has 1 aliphatic carbocycles. The maximum atomic E-state index is 11.8. The lowest BCUT2D eigenvalue weighted by Gasteiger charge is -2.36. The topological polar surface area (TPSA) is 46.2 Å². The summed E-state index contributed by atoms with van der Waals surface area (Å²) in [7, 11) is -2.82. The molecule has 3 unspecified atom stereocenters. The van der Waals surface area contributed by atoms with Crippen molar-refractivity contribution in [2.45, 2.75) is 65.8 Å². The van der Waals surface area contributed by atoms with Crippen LogP contribution in [0, 0.1) is 17.8 Å². The lowest BCUT2D eigenvalue weighted by atomic mass is 9.72. The molecule has 3 atom stereocenters.